The number of nitrogens with two attached hydrogens (primary N) is 1. The van der Waals surface area contributed by atoms with E-state index >= 15 is 0 Å². The quantitative estimate of drug-likeness (QED) is 0.797. The van der Waals surface area contributed by atoms with Crippen molar-refractivity contribution in [3.05, 3.63) is 23.3 Å². The van der Waals surface area contributed by atoms with E-state index in [4.69, 9.17) is 15.6 Å². The van der Waals surface area contributed by atoms with Gasteiger partial charge in [0.1, 0.15) is 12.4 Å². The van der Waals surface area contributed by atoms with Crippen LogP contribution in [0.5, 0.6) is 5.75 Å². The number of aryl methyl sites for hydroxylation is 1. The van der Waals surface area contributed by atoms with Gasteiger partial charge in [-0.1, -0.05) is 0 Å². The van der Waals surface area contributed by atoms with Crippen molar-refractivity contribution in [1.29, 1.82) is 0 Å². The van der Waals surface area contributed by atoms with Crippen molar-refractivity contribution in [2.45, 2.75) is 26.3 Å². The summed E-state index contributed by atoms with van der Waals surface area (Å²) in [4.78, 5) is 13.1. The first-order valence-corrected chi connectivity index (χ1v) is 6.09. The molecule has 5 nitrogen and oxygen atoms in total. The summed E-state index contributed by atoms with van der Waals surface area (Å²) in [5.74, 6) is -0.517. The monoisotopic (exact) mass is 266 g/mol. The fourth-order valence-electron chi connectivity index (χ4n) is 1.41. The van der Waals surface area contributed by atoms with Crippen LogP contribution in [-0.4, -0.2) is 42.2 Å². The van der Waals surface area contributed by atoms with Crippen molar-refractivity contribution in [2.24, 2.45) is 0 Å². The summed E-state index contributed by atoms with van der Waals surface area (Å²) in [6, 6.07) is 3.23. The first-order valence-electron chi connectivity index (χ1n) is 6.09. The number of ether oxygens (including phenoxy) is 1. The van der Waals surface area contributed by atoms with Gasteiger partial charge in [-0.2, -0.15) is 0 Å². The summed E-state index contributed by atoms with van der Waals surface area (Å²) in [5, 5.41) is 9.09. The highest BCUT2D eigenvalue weighted by Gasteiger charge is 2.22. The summed E-state index contributed by atoms with van der Waals surface area (Å²) in [6.45, 7) is 6.33. The Morgan fingerprint density at radius 3 is 2.47 bits per heavy atom. The third kappa shape index (κ3) is 3.61. The number of aromatic carboxylic acids is 1. The molecule has 0 aliphatic heterocycles. The van der Waals surface area contributed by atoms with Gasteiger partial charge in [0.05, 0.1) is 5.56 Å². The minimum absolute atomic E-state index is 0.0812. The standard InChI is InChI=1S/C14H22N2O3/c1-9-6-10(7-11(12(9)15)13(17)18)19-8-14(2,3)16(4)5/h6-7H,8,15H2,1-5H3,(H,17,18). The van der Waals surface area contributed by atoms with Gasteiger partial charge in [0, 0.05) is 11.2 Å². The number of carboxylic acid groups (broad SMARTS) is 1. The molecule has 0 radical (unpaired) electrons. The molecule has 0 saturated carbocycles. The molecular formula is C14H22N2O3. The molecule has 1 rings (SSSR count). The number of carboxylic acids is 1. The normalized spacial score (nSPS) is 11.7. The van der Waals surface area contributed by atoms with E-state index in [1.165, 1.54) is 6.07 Å². The lowest BCUT2D eigenvalue weighted by Crippen LogP contribution is -2.43. The SMILES string of the molecule is Cc1cc(OCC(C)(C)N(C)C)cc(C(=O)O)c1N. The van der Waals surface area contributed by atoms with Crippen LogP contribution in [0.3, 0.4) is 0 Å². The molecule has 0 aliphatic carbocycles. The summed E-state index contributed by atoms with van der Waals surface area (Å²) in [6.07, 6.45) is 0. The van der Waals surface area contributed by atoms with Crippen LogP contribution >= 0.6 is 0 Å². The van der Waals surface area contributed by atoms with E-state index in [0.717, 1.165) is 0 Å². The van der Waals surface area contributed by atoms with Gasteiger partial charge in [-0.25, -0.2) is 4.79 Å². The number of rotatable bonds is 5. The molecule has 0 aliphatic rings. The van der Waals surface area contributed by atoms with Crippen molar-refractivity contribution in [3.63, 3.8) is 0 Å². The maximum absolute atomic E-state index is 11.1. The van der Waals surface area contributed by atoms with Crippen LogP contribution in [0, 0.1) is 6.92 Å². The lowest BCUT2D eigenvalue weighted by molar-refractivity contribution is 0.0697. The van der Waals surface area contributed by atoms with Gasteiger partial charge < -0.3 is 20.5 Å². The Hall–Kier alpha value is -1.75. The number of nitrogen functional groups attached to an aromatic ring is 1. The van der Waals surface area contributed by atoms with Crippen molar-refractivity contribution in [3.8, 4) is 5.75 Å². The average Bonchev–Trinajstić information content (AvgIpc) is 2.30. The summed E-state index contributed by atoms with van der Waals surface area (Å²) in [7, 11) is 3.94. The number of likely N-dealkylation sites (N-methyl/N-ethyl adjacent to an activating group) is 1. The van der Waals surface area contributed by atoms with E-state index in [-0.39, 0.29) is 16.8 Å². The zero-order chi connectivity index (χ0) is 14.8. The van der Waals surface area contributed by atoms with Gasteiger partial charge in [0.25, 0.3) is 0 Å². The molecule has 0 amide bonds. The minimum Gasteiger partial charge on any atom is -0.492 e. The highest BCUT2D eigenvalue weighted by Crippen LogP contribution is 2.25. The molecule has 0 unspecified atom stereocenters. The Labute approximate surface area is 114 Å². The second-order valence-corrected chi connectivity index (χ2v) is 5.50. The average molecular weight is 266 g/mol. The summed E-state index contributed by atoms with van der Waals surface area (Å²) < 4.78 is 5.70. The predicted molar refractivity (Wildman–Crippen MR) is 75.8 cm³/mol. The van der Waals surface area contributed by atoms with E-state index in [0.29, 0.717) is 17.9 Å². The summed E-state index contributed by atoms with van der Waals surface area (Å²) >= 11 is 0. The fourth-order valence-corrected chi connectivity index (χ4v) is 1.41. The van der Waals surface area contributed by atoms with Crippen molar-refractivity contribution in [2.75, 3.05) is 26.4 Å². The van der Waals surface area contributed by atoms with Gasteiger partial charge in [0.2, 0.25) is 0 Å². The molecule has 0 heterocycles. The highest BCUT2D eigenvalue weighted by molar-refractivity contribution is 5.95. The van der Waals surface area contributed by atoms with E-state index in [2.05, 4.69) is 18.7 Å². The zero-order valence-corrected chi connectivity index (χ0v) is 12.2. The number of carbonyl (C=O) groups is 1. The van der Waals surface area contributed by atoms with Crippen LogP contribution in [0.15, 0.2) is 12.1 Å². The van der Waals surface area contributed by atoms with Gasteiger partial charge in [-0.05, 0) is 52.6 Å². The second-order valence-electron chi connectivity index (χ2n) is 5.50. The molecule has 3 N–H and O–H groups in total. The van der Waals surface area contributed by atoms with E-state index in [1.807, 2.05) is 14.1 Å². The smallest absolute Gasteiger partial charge is 0.337 e. The molecule has 0 fully saturated rings. The molecule has 1 aromatic carbocycles. The maximum atomic E-state index is 11.1. The van der Waals surface area contributed by atoms with Gasteiger partial charge in [-0.15, -0.1) is 0 Å². The molecular weight excluding hydrogens is 244 g/mol. The lowest BCUT2D eigenvalue weighted by Gasteiger charge is -2.32. The van der Waals surface area contributed by atoms with Crippen LogP contribution in [0.25, 0.3) is 0 Å². The van der Waals surface area contributed by atoms with Crippen LogP contribution in [0.4, 0.5) is 5.69 Å². The topological polar surface area (TPSA) is 75.8 Å². The molecule has 0 bridgehead atoms. The number of hydrogen-bond donors (Lipinski definition) is 2. The number of hydrogen-bond acceptors (Lipinski definition) is 4. The first kappa shape index (κ1) is 15.3. The van der Waals surface area contributed by atoms with Crippen LogP contribution < -0.4 is 10.5 Å². The van der Waals surface area contributed by atoms with Gasteiger partial charge in [-0.3, -0.25) is 0 Å². The number of nitrogens with zero attached hydrogens (tertiary/aromatic N) is 1. The van der Waals surface area contributed by atoms with E-state index in [9.17, 15) is 4.79 Å². The van der Waals surface area contributed by atoms with Crippen LogP contribution in [0.1, 0.15) is 29.8 Å². The third-order valence-corrected chi connectivity index (χ3v) is 3.39. The number of benzene rings is 1. The molecule has 1 aromatic rings. The van der Waals surface area contributed by atoms with E-state index in [1.54, 1.807) is 13.0 Å². The van der Waals surface area contributed by atoms with E-state index < -0.39 is 5.97 Å². The summed E-state index contributed by atoms with van der Waals surface area (Å²) in [5.41, 5.74) is 6.67. The van der Waals surface area contributed by atoms with Gasteiger partial charge >= 0.3 is 5.97 Å². The van der Waals surface area contributed by atoms with Crippen molar-refractivity contribution >= 4 is 11.7 Å². The van der Waals surface area contributed by atoms with Crippen LogP contribution in [0.2, 0.25) is 0 Å². The largest absolute Gasteiger partial charge is 0.492 e. The van der Waals surface area contributed by atoms with Crippen LogP contribution in [-0.2, 0) is 0 Å². The molecule has 0 aromatic heterocycles. The predicted octanol–water partition coefficient (Wildman–Crippen LogP) is 1.99. The molecule has 106 valence electrons. The van der Waals surface area contributed by atoms with Crippen molar-refractivity contribution < 1.29 is 14.6 Å². The Balaban J connectivity index is 2.95. The molecule has 0 saturated heterocycles. The first-order chi connectivity index (χ1) is 8.65. The Bertz CT molecular complexity index is 482. The zero-order valence-electron chi connectivity index (χ0n) is 12.2. The molecule has 0 spiro atoms. The molecule has 5 heteroatoms. The molecule has 19 heavy (non-hydrogen) atoms. The Kier molecular flexibility index (Phi) is 4.42. The third-order valence-electron chi connectivity index (χ3n) is 3.39. The second kappa shape index (κ2) is 5.48. The van der Waals surface area contributed by atoms with Crippen molar-refractivity contribution in [1.82, 2.24) is 4.90 Å². The Morgan fingerprint density at radius 2 is 2.00 bits per heavy atom. The lowest BCUT2D eigenvalue weighted by atomic mass is 10.1. The highest BCUT2D eigenvalue weighted by atomic mass is 16.5. The van der Waals surface area contributed by atoms with Gasteiger partial charge in [0.15, 0.2) is 0 Å². The number of anilines is 1. The Morgan fingerprint density at radius 1 is 1.42 bits per heavy atom. The molecule has 0 atom stereocenters. The maximum Gasteiger partial charge on any atom is 0.337 e. The fraction of sp³-hybridized carbons (Fsp3) is 0.500. The minimum atomic E-state index is -1.04.